The second-order valence-corrected chi connectivity index (χ2v) is 6.98. The molecule has 0 bridgehead atoms. The Morgan fingerprint density at radius 1 is 1.33 bits per heavy atom. The molecule has 0 saturated carbocycles. The normalized spacial score (nSPS) is 22.7. The quantitative estimate of drug-likeness (QED) is 0.618. The van der Waals surface area contributed by atoms with Crippen molar-refractivity contribution in [2.24, 2.45) is 5.92 Å². The van der Waals surface area contributed by atoms with E-state index in [0.717, 1.165) is 10.8 Å². The van der Waals surface area contributed by atoms with Gasteiger partial charge in [-0.2, -0.15) is 0 Å². The van der Waals surface area contributed by atoms with Gasteiger partial charge < -0.3 is 22.6 Å². The van der Waals surface area contributed by atoms with Crippen molar-refractivity contribution < 1.29 is 22.6 Å². The number of rotatable bonds is 4. The van der Waals surface area contributed by atoms with Gasteiger partial charge in [-0.05, 0) is 25.0 Å². The lowest BCUT2D eigenvalue weighted by Gasteiger charge is -2.05. The summed E-state index contributed by atoms with van der Waals surface area (Å²) < 4.78 is 0. The first-order valence-corrected chi connectivity index (χ1v) is 7.96. The number of unbranched alkanes of at least 4 members (excludes halogenated alkanes) is 1. The first-order chi connectivity index (χ1) is 8.20. The Kier molecular flexibility index (Phi) is 6.16. The molecule has 1 aromatic rings. The van der Waals surface area contributed by atoms with Crippen molar-refractivity contribution in [3.8, 4) is 11.5 Å². The second-order valence-electron chi connectivity index (χ2n) is 4.81. The zero-order chi connectivity index (χ0) is 12.3. The lowest BCUT2D eigenvalue weighted by molar-refractivity contribution is -0.00000570. The van der Waals surface area contributed by atoms with Crippen molar-refractivity contribution in [1.29, 1.82) is 0 Å². The lowest BCUT2D eigenvalue weighted by Crippen LogP contribution is -3.00. The minimum atomic E-state index is 0. The number of hydrogen-bond donors (Lipinski definition) is 2. The Bertz CT molecular complexity index is 384. The van der Waals surface area contributed by atoms with E-state index < -0.39 is 0 Å². The van der Waals surface area contributed by atoms with E-state index in [2.05, 4.69) is 6.92 Å². The third kappa shape index (κ3) is 3.72. The van der Waals surface area contributed by atoms with Crippen molar-refractivity contribution >= 4 is 10.9 Å². The Balaban J connectivity index is 0.00000162. The summed E-state index contributed by atoms with van der Waals surface area (Å²) in [5.74, 6) is 3.80. The Morgan fingerprint density at radius 2 is 2.11 bits per heavy atom. The molecule has 102 valence electrons. The highest BCUT2D eigenvalue weighted by Crippen LogP contribution is 2.36. The number of phenols is 2. The van der Waals surface area contributed by atoms with E-state index >= 15 is 0 Å². The summed E-state index contributed by atoms with van der Waals surface area (Å²) in [6.45, 7) is 2.23. The van der Waals surface area contributed by atoms with E-state index in [4.69, 9.17) is 0 Å². The predicted molar refractivity (Wildman–Crippen MR) is 72.8 cm³/mol. The standard InChI is InChI=1S/C14H20O2S.ClH/c1-2-3-4-11-7-8-17(10-11)14-9-12(15)5-6-13(14)16;/h5-6,9,11H,2-4,7-8,10H2,1H3,(H-,15,16);1H. The zero-order valence-corrected chi connectivity index (χ0v) is 12.3. The van der Waals surface area contributed by atoms with Gasteiger partial charge in [-0.25, -0.2) is 0 Å². The van der Waals surface area contributed by atoms with E-state index in [0.29, 0.717) is 5.75 Å². The second kappa shape index (κ2) is 7.15. The highest BCUT2D eigenvalue weighted by atomic mass is 35.5. The summed E-state index contributed by atoms with van der Waals surface area (Å²) in [4.78, 5) is 0.962. The van der Waals surface area contributed by atoms with Gasteiger partial charge in [0, 0.05) is 22.9 Å². The molecule has 1 aliphatic rings. The minimum Gasteiger partial charge on any atom is -1.00 e. The average Bonchev–Trinajstić information content (AvgIpc) is 2.78. The van der Waals surface area contributed by atoms with Gasteiger partial charge in [-0.1, -0.05) is 19.8 Å². The Morgan fingerprint density at radius 3 is 2.83 bits per heavy atom. The molecule has 1 aliphatic heterocycles. The van der Waals surface area contributed by atoms with Crippen molar-refractivity contribution in [1.82, 2.24) is 0 Å². The van der Waals surface area contributed by atoms with Gasteiger partial charge in [0.2, 0.25) is 0 Å². The molecule has 1 aromatic carbocycles. The summed E-state index contributed by atoms with van der Waals surface area (Å²) in [6, 6.07) is 4.89. The monoisotopic (exact) mass is 288 g/mol. The van der Waals surface area contributed by atoms with Gasteiger partial charge in [0.25, 0.3) is 0 Å². The van der Waals surface area contributed by atoms with Gasteiger partial charge >= 0.3 is 0 Å². The summed E-state index contributed by atoms with van der Waals surface area (Å²) in [6.07, 6.45) is 5.17. The van der Waals surface area contributed by atoms with E-state index in [1.54, 1.807) is 18.2 Å². The molecule has 0 amide bonds. The Hall–Kier alpha value is -0.540. The SMILES string of the molecule is CCCCC1CC[S+](c2cc(O)ccc2O)C1.[Cl-]. The molecule has 0 aliphatic carbocycles. The van der Waals surface area contributed by atoms with Crippen LogP contribution in [-0.2, 0) is 10.9 Å². The highest BCUT2D eigenvalue weighted by Gasteiger charge is 2.36. The maximum absolute atomic E-state index is 9.85. The molecule has 2 atom stereocenters. The van der Waals surface area contributed by atoms with Crippen LogP contribution in [0, 0.1) is 5.92 Å². The van der Waals surface area contributed by atoms with Crippen LogP contribution in [0.1, 0.15) is 32.6 Å². The van der Waals surface area contributed by atoms with E-state index in [9.17, 15) is 10.2 Å². The number of halogens is 1. The molecule has 1 fully saturated rings. The maximum atomic E-state index is 9.85. The summed E-state index contributed by atoms with van der Waals surface area (Å²) in [5.41, 5.74) is 0. The molecule has 1 saturated heterocycles. The van der Waals surface area contributed by atoms with Crippen LogP contribution in [0.4, 0.5) is 0 Å². The van der Waals surface area contributed by atoms with Crippen molar-refractivity contribution in [3.05, 3.63) is 18.2 Å². The van der Waals surface area contributed by atoms with Gasteiger partial charge in [-0.3, -0.25) is 0 Å². The molecule has 2 nitrogen and oxygen atoms in total. The molecule has 0 spiro atoms. The fraction of sp³-hybridized carbons (Fsp3) is 0.571. The van der Waals surface area contributed by atoms with Crippen LogP contribution in [0.2, 0.25) is 0 Å². The van der Waals surface area contributed by atoms with Gasteiger partial charge in [-0.15, -0.1) is 0 Å². The van der Waals surface area contributed by atoms with Gasteiger partial charge in [0.1, 0.15) is 17.3 Å². The van der Waals surface area contributed by atoms with Gasteiger partial charge in [0.05, 0.1) is 0 Å². The molecule has 4 heteroatoms. The third-order valence-corrected chi connectivity index (χ3v) is 5.98. The van der Waals surface area contributed by atoms with E-state index in [1.165, 1.54) is 37.2 Å². The summed E-state index contributed by atoms with van der Waals surface area (Å²) in [7, 11) is 0.144. The van der Waals surface area contributed by atoms with Crippen LogP contribution in [0.3, 0.4) is 0 Å². The molecule has 0 radical (unpaired) electrons. The first-order valence-electron chi connectivity index (χ1n) is 6.40. The lowest BCUT2D eigenvalue weighted by atomic mass is 10.0. The van der Waals surface area contributed by atoms with Crippen molar-refractivity contribution in [3.63, 3.8) is 0 Å². The zero-order valence-electron chi connectivity index (χ0n) is 10.7. The molecule has 2 unspecified atom stereocenters. The molecular weight excluding hydrogens is 268 g/mol. The molecular formula is C14H21ClO2S. The maximum Gasteiger partial charge on any atom is 0.200 e. The predicted octanol–water partition coefficient (Wildman–Crippen LogP) is 0.289. The number of aromatic hydroxyl groups is 2. The molecule has 2 N–H and O–H groups in total. The van der Waals surface area contributed by atoms with Crippen LogP contribution in [0.5, 0.6) is 11.5 Å². The highest BCUT2D eigenvalue weighted by molar-refractivity contribution is 7.97. The molecule has 18 heavy (non-hydrogen) atoms. The Labute approximate surface area is 118 Å². The van der Waals surface area contributed by atoms with Crippen molar-refractivity contribution in [2.75, 3.05) is 11.5 Å². The fourth-order valence-electron chi connectivity index (χ4n) is 2.41. The smallest absolute Gasteiger partial charge is 0.200 e. The number of benzene rings is 1. The van der Waals surface area contributed by atoms with E-state index in [-0.39, 0.29) is 29.1 Å². The molecule has 0 aromatic heterocycles. The van der Waals surface area contributed by atoms with E-state index in [1.807, 2.05) is 0 Å². The minimum absolute atomic E-state index is 0. The van der Waals surface area contributed by atoms with Crippen LogP contribution in [0.15, 0.2) is 23.1 Å². The number of hydrogen-bond acceptors (Lipinski definition) is 2. The van der Waals surface area contributed by atoms with Crippen LogP contribution in [0.25, 0.3) is 0 Å². The molecule has 2 rings (SSSR count). The molecule has 1 heterocycles. The van der Waals surface area contributed by atoms with Crippen molar-refractivity contribution in [2.45, 2.75) is 37.5 Å². The fourth-order valence-corrected chi connectivity index (χ4v) is 5.15. The summed E-state index contributed by atoms with van der Waals surface area (Å²) in [5, 5.41) is 19.4. The first kappa shape index (κ1) is 15.5. The third-order valence-electron chi connectivity index (χ3n) is 3.43. The van der Waals surface area contributed by atoms with Crippen LogP contribution in [-0.4, -0.2) is 21.7 Å². The summed E-state index contributed by atoms with van der Waals surface area (Å²) >= 11 is 0. The topological polar surface area (TPSA) is 40.5 Å². The average molecular weight is 289 g/mol. The van der Waals surface area contributed by atoms with Crippen LogP contribution < -0.4 is 12.4 Å². The van der Waals surface area contributed by atoms with Crippen LogP contribution >= 0.6 is 0 Å². The number of phenolic OH excluding ortho intramolecular Hbond substituents is 2. The van der Waals surface area contributed by atoms with Gasteiger partial charge in [0.15, 0.2) is 10.6 Å². The largest absolute Gasteiger partial charge is 1.00 e.